The molecule has 4 heteroatoms. The SMILES string of the molecule is CCN(CC)C1CCC2CNCC21.Cl.Cl. The Morgan fingerprint density at radius 3 is 2.33 bits per heavy atom. The minimum Gasteiger partial charge on any atom is -0.316 e. The number of hydrogen-bond donors (Lipinski definition) is 1. The van der Waals surface area contributed by atoms with E-state index in [1.807, 2.05) is 0 Å². The molecule has 0 aromatic heterocycles. The van der Waals surface area contributed by atoms with E-state index < -0.39 is 0 Å². The van der Waals surface area contributed by atoms with Gasteiger partial charge in [0.15, 0.2) is 0 Å². The second-order valence-corrected chi connectivity index (χ2v) is 4.45. The van der Waals surface area contributed by atoms with Crippen LogP contribution in [0.2, 0.25) is 0 Å². The van der Waals surface area contributed by atoms with Gasteiger partial charge in [-0.15, -0.1) is 24.8 Å². The molecular weight excluding hydrogens is 231 g/mol. The van der Waals surface area contributed by atoms with Gasteiger partial charge in [0.25, 0.3) is 0 Å². The lowest BCUT2D eigenvalue weighted by molar-refractivity contribution is 0.175. The second-order valence-electron chi connectivity index (χ2n) is 4.45. The van der Waals surface area contributed by atoms with Gasteiger partial charge in [0.2, 0.25) is 0 Å². The number of rotatable bonds is 3. The molecule has 3 atom stereocenters. The average molecular weight is 255 g/mol. The molecule has 2 fully saturated rings. The molecule has 2 rings (SSSR count). The summed E-state index contributed by atoms with van der Waals surface area (Å²) in [4.78, 5) is 2.65. The number of nitrogens with one attached hydrogen (secondary N) is 1. The lowest BCUT2D eigenvalue weighted by atomic mass is 9.97. The van der Waals surface area contributed by atoms with Crippen LogP contribution in [-0.2, 0) is 0 Å². The fourth-order valence-electron chi connectivity index (χ4n) is 3.26. The predicted molar refractivity (Wildman–Crippen MR) is 70.3 cm³/mol. The first-order valence-electron chi connectivity index (χ1n) is 5.81. The van der Waals surface area contributed by atoms with Crippen LogP contribution in [0.4, 0.5) is 0 Å². The Bertz CT molecular complexity index is 174. The van der Waals surface area contributed by atoms with Gasteiger partial charge >= 0.3 is 0 Å². The molecule has 1 aliphatic heterocycles. The number of nitrogens with zero attached hydrogens (tertiary/aromatic N) is 1. The van der Waals surface area contributed by atoms with Crippen LogP contribution in [-0.4, -0.2) is 37.1 Å². The first kappa shape index (κ1) is 15.5. The Morgan fingerprint density at radius 2 is 1.73 bits per heavy atom. The highest BCUT2D eigenvalue weighted by molar-refractivity contribution is 5.85. The van der Waals surface area contributed by atoms with Crippen LogP contribution >= 0.6 is 24.8 Å². The van der Waals surface area contributed by atoms with Gasteiger partial charge in [-0.2, -0.15) is 0 Å². The van der Waals surface area contributed by atoms with Gasteiger partial charge in [-0.05, 0) is 50.9 Å². The van der Waals surface area contributed by atoms with Crippen molar-refractivity contribution in [3.8, 4) is 0 Å². The zero-order valence-corrected chi connectivity index (χ0v) is 11.4. The van der Waals surface area contributed by atoms with Crippen molar-refractivity contribution < 1.29 is 0 Å². The first-order chi connectivity index (χ1) is 6.36. The summed E-state index contributed by atoms with van der Waals surface area (Å²) in [5.74, 6) is 1.95. The molecule has 2 aliphatic rings. The summed E-state index contributed by atoms with van der Waals surface area (Å²) in [7, 11) is 0. The third-order valence-corrected chi connectivity index (χ3v) is 4.00. The summed E-state index contributed by atoms with van der Waals surface area (Å²) in [5.41, 5.74) is 0. The van der Waals surface area contributed by atoms with Gasteiger partial charge in [0.05, 0.1) is 0 Å². The summed E-state index contributed by atoms with van der Waals surface area (Å²) in [6.07, 6.45) is 2.90. The molecule has 3 unspecified atom stereocenters. The van der Waals surface area contributed by atoms with E-state index in [0.717, 1.165) is 17.9 Å². The molecule has 1 saturated carbocycles. The molecule has 1 heterocycles. The molecule has 2 nitrogen and oxygen atoms in total. The molecule has 0 aromatic rings. The van der Waals surface area contributed by atoms with E-state index in [9.17, 15) is 0 Å². The summed E-state index contributed by atoms with van der Waals surface area (Å²) in [6, 6.07) is 0.884. The molecule has 92 valence electrons. The minimum atomic E-state index is 0. The van der Waals surface area contributed by atoms with E-state index >= 15 is 0 Å². The first-order valence-corrected chi connectivity index (χ1v) is 5.81. The second kappa shape index (κ2) is 6.95. The molecule has 1 aliphatic carbocycles. The largest absolute Gasteiger partial charge is 0.316 e. The third-order valence-electron chi connectivity index (χ3n) is 4.00. The minimum absolute atomic E-state index is 0. The Balaban J connectivity index is 0.000000980. The molecule has 0 bridgehead atoms. The topological polar surface area (TPSA) is 15.3 Å². The van der Waals surface area contributed by atoms with Crippen molar-refractivity contribution >= 4 is 24.8 Å². The zero-order valence-electron chi connectivity index (χ0n) is 9.74. The maximum atomic E-state index is 3.53. The smallest absolute Gasteiger partial charge is 0.0139 e. The summed E-state index contributed by atoms with van der Waals surface area (Å²) >= 11 is 0. The highest BCUT2D eigenvalue weighted by atomic mass is 35.5. The highest BCUT2D eigenvalue weighted by Gasteiger charge is 2.40. The van der Waals surface area contributed by atoms with Gasteiger partial charge in [0, 0.05) is 6.04 Å². The molecular formula is C11H24Cl2N2. The molecule has 15 heavy (non-hydrogen) atoms. The number of fused-ring (bicyclic) bond motifs is 1. The van der Waals surface area contributed by atoms with Crippen LogP contribution in [0.5, 0.6) is 0 Å². The fourth-order valence-corrected chi connectivity index (χ4v) is 3.26. The van der Waals surface area contributed by atoms with Crippen molar-refractivity contribution in [3.63, 3.8) is 0 Å². The van der Waals surface area contributed by atoms with Crippen LogP contribution in [0, 0.1) is 11.8 Å². The van der Waals surface area contributed by atoms with Gasteiger partial charge < -0.3 is 10.2 Å². The number of halogens is 2. The molecule has 0 amide bonds. The molecule has 0 spiro atoms. The van der Waals surface area contributed by atoms with Crippen molar-refractivity contribution in [2.75, 3.05) is 26.2 Å². The maximum absolute atomic E-state index is 3.53. The predicted octanol–water partition coefficient (Wildman–Crippen LogP) is 2.17. The Kier molecular flexibility index (Phi) is 7.18. The average Bonchev–Trinajstić information content (AvgIpc) is 2.70. The van der Waals surface area contributed by atoms with Crippen molar-refractivity contribution in [3.05, 3.63) is 0 Å². The van der Waals surface area contributed by atoms with Crippen LogP contribution in [0.1, 0.15) is 26.7 Å². The van der Waals surface area contributed by atoms with Gasteiger partial charge in [-0.1, -0.05) is 13.8 Å². The lowest BCUT2D eigenvalue weighted by Crippen LogP contribution is -2.39. The van der Waals surface area contributed by atoms with Gasteiger partial charge in [-0.25, -0.2) is 0 Å². The maximum Gasteiger partial charge on any atom is 0.0139 e. The standard InChI is InChI=1S/C11H22N2.2ClH/c1-3-13(4-2)11-6-5-9-7-12-8-10(9)11;;/h9-12H,3-8H2,1-2H3;2*1H. The van der Waals surface area contributed by atoms with Crippen LogP contribution in [0.3, 0.4) is 0 Å². The molecule has 0 radical (unpaired) electrons. The third kappa shape index (κ3) is 3.00. The normalized spacial score (nSPS) is 33.4. The Labute approximate surface area is 106 Å². The fraction of sp³-hybridized carbons (Fsp3) is 1.00. The molecule has 1 saturated heterocycles. The van der Waals surface area contributed by atoms with Gasteiger partial charge in [0.1, 0.15) is 0 Å². The molecule has 1 N–H and O–H groups in total. The van der Waals surface area contributed by atoms with E-state index in [2.05, 4.69) is 24.1 Å². The van der Waals surface area contributed by atoms with Crippen molar-refractivity contribution in [2.45, 2.75) is 32.7 Å². The van der Waals surface area contributed by atoms with E-state index in [4.69, 9.17) is 0 Å². The van der Waals surface area contributed by atoms with Crippen molar-refractivity contribution in [2.24, 2.45) is 11.8 Å². The Hall–Kier alpha value is 0.500. The highest BCUT2D eigenvalue weighted by Crippen LogP contribution is 2.37. The van der Waals surface area contributed by atoms with E-state index in [1.54, 1.807) is 0 Å². The summed E-state index contributed by atoms with van der Waals surface area (Å²) in [6.45, 7) is 9.58. The van der Waals surface area contributed by atoms with E-state index in [-0.39, 0.29) is 24.8 Å². The summed E-state index contributed by atoms with van der Waals surface area (Å²) < 4.78 is 0. The monoisotopic (exact) mass is 254 g/mol. The number of hydrogen-bond acceptors (Lipinski definition) is 2. The van der Waals surface area contributed by atoms with E-state index in [1.165, 1.54) is 39.0 Å². The lowest BCUT2D eigenvalue weighted by Gasteiger charge is -2.30. The van der Waals surface area contributed by atoms with Crippen molar-refractivity contribution in [1.82, 2.24) is 10.2 Å². The van der Waals surface area contributed by atoms with Crippen LogP contribution < -0.4 is 5.32 Å². The van der Waals surface area contributed by atoms with Gasteiger partial charge in [-0.3, -0.25) is 0 Å². The molecule has 0 aromatic carbocycles. The quantitative estimate of drug-likeness (QED) is 0.831. The zero-order chi connectivity index (χ0) is 9.26. The van der Waals surface area contributed by atoms with E-state index in [0.29, 0.717) is 0 Å². The van der Waals surface area contributed by atoms with Crippen molar-refractivity contribution in [1.29, 1.82) is 0 Å². The van der Waals surface area contributed by atoms with Crippen LogP contribution in [0.15, 0.2) is 0 Å². The van der Waals surface area contributed by atoms with Crippen LogP contribution in [0.25, 0.3) is 0 Å². The summed E-state index contributed by atoms with van der Waals surface area (Å²) in [5, 5.41) is 3.53. The Morgan fingerprint density at radius 1 is 1.07 bits per heavy atom.